The molecule has 0 saturated carbocycles. The van der Waals surface area contributed by atoms with E-state index in [1.54, 1.807) is 19.6 Å². The van der Waals surface area contributed by atoms with Crippen LogP contribution in [0, 0.1) is 5.41 Å². The number of hydrogen-bond donors (Lipinski definition) is 3. The number of nitrogens with one attached hydrogen (secondary N) is 3. The maximum atomic E-state index is 12.5. The quantitative estimate of drug-likeness (QED) is 0.643. The molecule has 1 aliphatic rings. The second-order valence-corrected chi connectivity index (χ2v) is 7.62. The molecule has 1 aromatic carbocycles. The number of aromatic nitrogens is 1. The molecule has 1 amide bonds. The van der Waals surface area contributed by atoms with Gasteiger partial charge in [-0.1, -0.05) is 0 Å². The van der Waals surface area contributed by atoms with Gasteiger partial charge in [-0.25, -0.2) is 4.98 Å². The predicted molar refractivity (Wildman–Crippen MR) is 107 cm³/mol. The van der Waals surface area contributed by atoms with Gasteiger partial charge in [0, 0.05) is 30.1 Å². The van der Waals surface area contributed by atoms with Crippen molar-refractivity contribution in [3.8, 4) is 5.75 Å². The Balaban J connectivity index is 1.57. The Morgan fingerprint density at radius 3 is 2.67 bits per heavy atom. The summed E-state index contributed by atoms with van der Waals surface area (Å²) in [5.74, 6) is 0.644. The molecule has 0 bridgehead atoms. The molecule has 7 nitrogen and oxygen atoms in total. The number of thiazole rings is 1. The van der Waals surface area contributed by atoms with Gasteiger partial charge >= 0.3 is 0 Å². The maximum Gasteiger partial charge on any atom is 0.270 e. The van der Waals surface area contributed by atoms with Crippen molar-refractivity contribution in [1.29, 1.82) is 0 Å². The first kappa shape index (κ1) is 19.6. The minimum Gasteiger partial charge on any atom is -0.497 e. The van der Waals surface area contributed by atoms with E-state index in [9.17, 15) is 4.79 Å². The van der Waals surface area contributed by atoms with Crippen LogP contribution in [0.5, 0.6) is 5.75 Å². The van der Waals surface area contributed by atoms with Crippen LogP contribution in [-0.4, -0.2) is 51.4 Å². The Morgan fingerprint density at radius 2 is 2.00 bits per heavy atom. The molecule has 146 valence electrons. The predicted octanol–water partition coefficient (Wildman–Crippen LogP) is 2.64. The largest absolute Gasteiger partial charge is 0.497 e. The zero-order valence-corrected chi connectivity index (χ0v) is 16.5. The van der Waals surface area contributed by atoms with E-state index < -0.39 is 0 Å². The average molecular weight is 391 g/mol. The Labute approximate surface area is 163 Å². The van der Waals surface area contributed by atoms with Crippen molar-refractivity contribution in [2.75, 3.05) is 45.8 Å². The van der Waals surface area contributed by atoms with Gasteiger partial charge in [-0.2, -0.15) is 0 Å². The molecule has 1 aromatic heterocycles. The summed E-state index contributed by atoms with van der Waals surface area (Å²) >= 11 is 1.40. The minimum atomic E-state index is -0.150. The number of carbonyl (C=O) groups is 1. The van der Waals surface area contributed by atoms with Gasteiger partial charge in [0.25, 0.3) is 5.91 Å². The molecule has 1 fully saturated rings. The van der Waals surface area contributed by atoms with E-state index in [2.05, 4.69) is 20.9 Å². The van der Waals surface area contributed by atoms with Crippen molar-refractivity contribution in [2.45, 2.75) is 12.8 Å². The number of amides is 1. The first-order valence-electron chi connectivity index (χ1n) is 8.99. The van der Waals surface area contributed by atoms with Gasteiger partial charge in [0.2, 0.25) is 0 Å². The van der Waals surface area contributed by atoms with E-state index in [-0.39, 0.29) is 11.3 Å². The van der Waals surface area contributed by atoms with Gasteiger partial charge in [-0.05, 0) is 50.2 Å². The molecule has 2 aromatic rings. The zero-order valence-electron chi connectivity index (χ0n) is 15.7. The molecular weight excluding hydrogens is 364 g/mol. The second-order valence-electron chi connectivity index (χ2n) is 6.76. The molecule has 3 rings (SSSR count). The highest BCUT2D eigenvalue weighted by molar-refractivity contribution is 7.14. The second kappa shape index (κ2) is 9.16. The number of ether oxygens (including phenoxy) is 2. The topological polar surface area (TPSA) is 84.5 Å². The summed E-state index contributed by atoms with van der Waals surface area (Å²) in [5, 5.41) is 12.1. The fourth-order valence-corrected chi connectivity index (χ4v) is 3.94. The lowest BCUT2D eigenvalue weighted by Crippen LogP contribution is -2.47. The molecule has 0 atom stereocenters. The Kier molecular flexibility index (Phi) is 6.65. The molecule has 0 aliphatic carbocycles. The van der Waals surface area contributed by atoms with Crippen molar-refractivity contribution in [3.05, 3.63) is 35.3 Å². The van der Waals surface area contributed by atoms with Crippen LogP contribution < -0.4 is 20.7 Å². The lowest BCUT2D eigenvalue weighted by atomic mass is 9.79. The summed E-state index contributed by atoms with van der Waals surface area (Å²) in [4.78, 5) is 16.9. The molecule has 1 saturated heterocycles. The fourth-order valence-electron chi connectivity index (χ4n) is 3.23. The van der Waals surface area contributed by atoms with E-state index >= 15 is 0 Å². The van der Waals surface area contributed by atoms with E-state index in [0.717, 1.165) is 37.4 Å². The van der Waals surface area contributed by atoms with E-state index in [4.69, 9.17) is 9.47 Å². The first-order chi connectivity index (χ1) is 13.1. The third-order valence-electron chi connectivity index (χ3n) is 4.82. The Morgan fingerprint density at radius 1 is 1.26 bits per heavy atom. The van der Waals surface area contributed by atoms with Crippen molar-refractivity contribution in [1.82, 2.24) is 15.6 Å². The summed E-state index contributed by atoms with van der Waals surface area (Å²) in [6.45, 7) is 3.15. The highest BCUT2D eigenvalue weighted by atomic mass is 32.1. The number of piperidine rings is 1. The van der Waals surface area contributed by atoms with Crippen LogP contribution >= 0.6 is 11.3 Å². The molecule has 27 heavy (non-hydrogen) atoms. The number of benzene rings is 1. The first-order valence-corrected chi connectivity index (χ1v) is 9.87. The van der Waals surface area contributed by atoms with Crippen LogP contribution in [0.15, 0.2) is 29.6 Å². The van der Waals surface area contributed by atoms with Crippen molar-refractivity contribution in [3.63, 3.8) is 0 Å². The van der Waals surface area contributed by atoms with E-state index in [1.807, 2.05) is 24.3 Å². The normalized spacial score (nSPS) is 15.9. The number of anilines is 2. The van der Waals surface area contributed by atoms with Crippen LogP contribution in [0.25, 0.3) is 0 Å². The summed E-state index contributed by atoms with van der Waals surface area (Å²) < 4.78 is 10.5. The summed E-state index contributed by atoms with van der Waals surface area (Å²) in [6.07, 6.45) is 1.98. The Hall–Kier alpha value is -2.16. The maximum absolute atomic E-state index is 12.5. The fraction of sp³-hybridized carbons (Fsp3) is 0.474. The third kappa shape index (κ3) is 5.18. The van der Waals surface area contributed by atoms with Gasteiger partial charge in [0.1, 0.15) is 11.4 Å². The molecule has 1 aliphatic heterocycles. The van der Waals surface area contributed by atoms with E-state index in [0.29, 0.717) is 24.0 Å². The van der Waals surface area contributed by atoms with Crippen LogP contribution in [0.3, 0.4) is 0 Å². The van der Waals surface area contributed by atoms with Gasteiger partial charge in [-0.3, -0.25) is 4.79 Å². The molecule has 3 N–H and O–H groups in total. The number of rotatable bonds is 8. The zero-order chi connectivity index (χ0) is 19.1. The highest BCUT2D eigenvalue weighted by Gasteiger charge is 2.32. The summed E-state index contributed by atoms with van der Waals surface area (Å²) in [6, 6.07) is 7.56. The van der Waals surface area contributed by atoms with Gasteiger partial charge in [0.15, 0.2) is 5.13 Å². The minimum absolute atomic E-state index is 0.00411. The van der Waals surface area contributed by atoms with Crippen molar-refractivity contribution >= 4 is 28.1 Å². The van der Waals surface area contributed by atoms with Crippen molar-refractivity contribution in [2.24, 2.45) is 5.41 Å². The SMILES string of the molecule is COCC1(CNC(=O)c2csc(Nc3ccc(OC)cc3)n2)CCNCC1. The van der Waals surface area contributed by atoms with Crippen LogP contribution in [0.4, 0.5) is 10.8 Å². The van der Waals surface area contributed by atoms with E-state index in [1.165, 1.54) is 11.3 Å². The molecule has 0 unspecified atom stereocenters. The van der Waals surface area contributed by atoms with Gasteiger partial charge < -0.3 is 25.4 Å². The number of methoxy groups -OCH3 is 2. The molecule has 0 radical (unpaired) electrons. The Bertz CT molecular complexity index is 736. The van der Waals surface area contributed by atoms with Gasteiger partial charge in [0.05, 0.1) is 13.7 Å². The lowest BCUT2D eigenvalue weighted by molar-refractivity contribution is 0.0511. The summed E-state index contributed by atoms with van der Waals surface area (Å²) in [7, 11) is 3.35. The number of carbonyl (C=O) groups excluding carboxylic acids is 1. The summed E-state index contributed by atoms with van der Waals surface area (Å²) in [5.41, 5.74) is 1.32. The van der Waals surface area contributed by atoms with Crippen LogP contribution in [0.2, 0.25) is 0 Å². The van der Waals surface area contributed by atoms with Crippen molar-refractivity contribution < 1.29 is 14.3 Å². The number of nitrogens with zero attached hydrogens (tertiary/aromatic N) is 1. The standard InChI is InChI=1S/C19H26N4O3S/c1-25-13-19(7-9-20-10-8-19)12-21-17(24)16-11-27-18(23-16)22-14-3-5-15(26-2)6-4-14/h3-6,11,20H,7-10,12-13H2,1-2H3,(H,21,24)(H,22,23). The highest BCUT2D eigenvalue weighted by Crippen LogP contribution is 2.28. The molecule has 8 heteroatoms. The number of hydrogen-bond acceptors (Lipinski definition) is 7. The molecular formula is C19H26N4O3S. The molecule has 0 spiro atoms. The third-order valence-corrected chi connectivity index (χ3v) is 5.57. The monoisotopic (exact) mass is 390 g/mol. The van der Waals surface area contributed by atoms with Crippen LogP contribution in [-0.2, 0) is 4.74 Å². The molecule has 2 heterocycles. The lowest BCUT2D eigenvalue weighted by Gasteiger charge is -2.37. The van der Waals surface area contributed by atoms with Gasteiger partial charge in [-0.15, -0.1) is 11.3 Å². The average Bonchev–Trinajstić information content (AvgIpc) is 3.16. The smallest absolute Gasteiger partial charge is 0.270 e. The van der Waals surface area contributed by atoms with Crippen LogP contribution in [0.1, 0.15) is 23.3 Å².